The molecule has 0 amide bonds. The molecule has 4 heteroatoms. The predicted molar refractivity (Wildman–Crippen MR) is 102 cm³/mol. The Labute approximate surface area is 154 Å². The van der Waals surface area contributed by atoms with Crippen LogP contribution >= 0.6 is 0 Å². The fourth-order valence-electron chi connectivity index (χ4n) is 4.30. The van der Waals surface area contributed by atoms with Crippen molar-refractivity contribution < 1.29 is 13.2 Å². The van der Waals surface area contributed by atoms with Crippen LogP contribution in [0, 0.1) is 0 Å². The van der Waals surface area contributed by atoms with Gasteiger partial charge in [-0.3, -0.25) is 0 Å². The average Bonchev–Trinajstić information content (AvgIpc) is 3.16. The van der Waals surface area contributed by atoms with Crippen LogP contribution in [0.3, 0.4) is 0 Å². The molecule has 1 aromatic heterocycles. The molecule has 134 valence electrons. The Balaban J connectivity index is 1.88. The van der Waals surface area contributed by atoms with Gasteiger partial charge in [-0.15, -0.1) is 0 Å². The van der Waals surface area contributed by atoms with Gasteiger partial charge in [0.1, 0.15) is 0 Å². The lowest BCUT2D eigenvalue weighted by atomic mass is 9.93. The highest BCUT2D eigenvalue weighted by Gasteiger charge is 2.35. The molecule has 27 heavy (non-hydrogen) atoms. The normalized spacial score (nSPS) is 14.0. The van der Waals surface area contributed by atoms with E-state index in [2.05, 4.69) is 12.1 Å². The van der Waals surface area contributed by atoms with E-state index in [-0.39, 0.29) is 5.56 Å². The van der Waals surface area contributed by atoms with Gasteiger partial charge in [0.25, 0.3) is 0 Å². The molecule has 1 heterocycles. The molecular weight excluding hydrogens is 347 g/mol. The molecule has 0 aliphatic heterocycles. The summed E-state index contributed by atoms with van der Waals surface area (Å²) in [5, 5.41) is 3.34. The topological polar surface area (TPSA) is 12.9 Å². The minimum absolute atomic E-state index is 0.179. The first-order valence-corrected chi connectivity index (χ1v) is 9.04. The molecule has 1 nitrogen and oxygen atoms in total. The van der Waals surface area contributed by atoms with E-state index in [9.17, 15) is 13.2 Å². The molecule has 0 atom stereocenters. The van der Waals surface area contributed by atoms with Gasteiger partial charge in [-0.1, -0.05) is 48.5 Å². The minimum atomic E-state index is -4.40. The second-order valence-electron chi connectivity index (χ2n) is 7.00. The van der Waals surface area contributed by atoms with E-state index >= 15 is 0 Å². The van der Waals surface area contributed by atoms with Crippen molar-refractivity contribution in [3.8, 4) is 11.3 Å². The largest absolute Gasteiger partial charge is 0.417 e. The van der Waals surface area contributed by atoms with E-state index in [0.717, 1.165) is 58.1 Å². The molecule has 0 radical (unpaired) electrons. The summed E-state index contributed by atoms with van der Waals surface area (Å²) in [6, 6.07) is 17.8. The molecule has 1 aliphatic carbocycles. The van der Waals surface area contributed by atoms with Crippen molar-refractivity contribution >= 4 is 21.7 Å². The van der Waals surface area contributed by atoms with Crippen LogP contribution < -0.4 is 0 Å². The Morgan fingerprint density at radius 1 is 0.778 bits per heavy atom. The second-order valence-corrected chi connectivity index (χ2v) is 7.00. The van der Waals surface area contributed by atoms with Gasteiger partial charge in [-0.05, 0) is 53.3 Å². The molecular formula is C23H16F3N. The first-order valence-electron chi connectivity index (χ1n) is 9.04. The Kier molecular flexibility index (Phi) is 3.51. The lowest BCUT2D eigenvalue weighted by Crippen LogP contribution is -2.08. The third-order valence-corrected chi connectivity index (χ3v) is 5.43. The summed E-state index contributed by atoms with van der Waals surface area (Å²) in [6.07, 6.45) is -1.81. The molecule has 1 aliphatic rings. The molecule has 0 unspecified atom stereocenters. The lowest BCUT2D eigenvalue weighted by Gasteiger charge is -2.17. The Hall–Kier alpha value is -2.88. The molecule has 3 aromatic carbocycles. The van der Waals surface area contributed by atoms with Crippen molar-refractivity contribution in [2.24, 2.45) is 0 Å². The van der Waals surface area contributed by atoms with E-state index in [1.165, 1.54) is 12.1 Å². The summed E-state index contributed by atoms with van der Waals surface area (Å²) in [5.41, 5.74) is 2.93. The number of hydrogen-bond donors (Lipinski definition) is 0. The summed E-state index contributed by atoms with van der Waals surface area (Å²) in [4.78, 5) is 4.74. The summed E-state index contributed by atoms with van der Waals surface area (Å²) in [7, 11) is 0. The van der Waals surface area contributed by atoms with Gasteiger partial charge in [0.05, 0.1) is 16.8 Å². The van der Waals surface area contributed by atoms with Crippen molar-refractivity contribution in [2.75, 3.05) is 0 Å². The zero-order chi connectivity index (χ0) is 18.6. The average molecular weight is 363 g/mol. The number of rotatable bonds is 1. The first kappa shape index (κ1) is 16.3. The highest BCUT2D eigenvalue weighted by Crippen LogP contribution is 2.42. The van der Waals surface area contributed by atoms with E-state index in [4.69, 9.17) is 4.98 Å². The predicted octanol–water partition coefficient (Wildman–Crippen LogP) is 6.56. The van der Waals surface area contributed by atoms with Crippen molar-refractivity contribution in [3.05, 3.63) is 77.4 Å². The fourth-order valence-corrected chi connectivity index (χ4v) is 4.30. The highest BCUT2D eigenvalue weighted by molar-refractivity contribution is 6.09. The molecule has 5 rings (SSSR count). The number of halogens is 3. The van der Waals surface area contributed by atoms with Gasteiger partial charge in [-0.25, -0.2) is 4.98 Å². The van der Waals surface area contributed by atoms with Crippen LogP contribution in [-0.2, 0) is 19.0 Å². The summed E-state index contributed by atoms with van der Waals surface area (Å²) in [5.74, 6) is 0. The van der Waals surface area contributed by atoms with Gasteiger partial charge in [0.15, 0.2) is 0 Å². The maximum Gasteiger partial charge on any atom is 0.417 e. The summed E-state index contributed by atoms with van der Waals surface area (Å²) >= 11 is 0. The highest BCUT2D eigenvalue weighted by atomic mass is 19.4. The molecule has 0 saturated carbocycles. The number of nitrogens with zero attached hydrogens (tertiary/aromatic N) is 1. The quantitative estimate of drug-likeness (QED) is 0.349. The maximum atomic E-state index is 13.6. The van der Waals surface area contributed by atoms with Crippen LogP contribution in [0.25, 0.3) is 32.9 Å². The SMILES string of the molecule is FC(F)(F)c1ccccc1-c1nc2ccc3ccccc3c2c2c1CCC2. The number of pyridine rings is 1. The zero-order valence-corrected chi connectivity index (χ0v) is 14.5. The van der Waals surface area contributed by atoms with Crippen LogP contribution in [-0.4, -0.2) is 4.98 Å². The number of hydrogen-bond acceptors (Lipinski definition) is 1. The van der Waals surface area contributed by atoms with Crippen molar-refractivity contribution in [1.82, 2.24) is 4.98 Å². The second kappa shape index (κ2) is 5.81. The minimum Gasteiger partial charge on any atom is -0.247 e. The first-order chi connectivity index (χ1) is 13.0. The number of benzene rings is 3. The fraction of sp³-hybridized carbons (Fsp3) is 0.174. The number of alkyl halides is 3. The molecule has 0 saturated heterocycles. The van der Waals surface area contributed by atoms with Crippen LogP contribution in [0.1, 0.15) is 23.1 Å². The molecule has 0 fully saturated rings. The van der Waals surface area contributed by atoms with Crippen LogP contribution in [0.2, 0.25) is 0 Å². The number of aromatic nitrogens is 1. The standard InChI is InChI=1S/C23H16F3N/c24-23(25,26)19-11-4-3-8-18(19)22-17-10-5-9-16(17)21-15-7-2-1-6-14(15)12-13-20(21)27-22/h1-4,6-8,11-13H,5,9-10H2. The van der Waals surface area contributed by atoms with Gasteiger partial charge < -0.3 is 0 Å². The van der Waals surface area contributed by atoms with E-state index in [0.29, 0.717) is 5.69 Å². The van der Waals surface area contributed by atoms with E-state index < -0.39 is 11.7 Å². The zero-order valence-electron chi connectivity index (χ0n) is 14.5. The van der Waals surface area contributed by atoms with Crippen LogP contribution in [0.5, 0.6) is 0 Å². The number of aryl methyl sites for hydroxylation is 1. The van der Waals surface area contributed by atoms with E-state index in [1.54, 1.807) is 6.07 Å². The summed E-state index contributed by atoms with van der Waals surface area (Å²) < 4.78 is 40.7. The Bertz CT molecular complexity index is 1190. The van der Waals surface area contributed by atoms with Crippen LogP contribution in [0.4, 0.5) is 13.2 Å². The molecule has 4 aromatic rings. The number of fused-ring (bicyclic) bond motifs is 5. The van der Waals surface area contributed by atoms with Gasteiger partial charge in [0.2, 0.25) is 0 Å². The maximum absolute atomic E-state index is 13.6. The monoisotopic (exact) mass is 363 g/mol. The van der Waals surface area contributed by atoms with E-state index in [1.807, 2.05) is 24.3 Å². The Morgan fingerprint density at radius 3 is 2.37 bits per heavy atom. The summed E-state index contributed by atoms with van der Waals surface area (Å²) in [6.45, 7) is 0. The van der Waals surface area contributed by atoms with Crippen molar-refractivity contribution in [1.29, 1.82) is 0 Å². The lowest BCUT2D eigenvalue weighted by molar-refractivity contribution is -0.137. The van der Waals surface area contributed by atoms with Crippen molar-refractivity contribution in [3.63, 3.8) is 0 Å². The van der Waals surface area contributed by atoms with Crippen LogP contribution in [0.15, 0.2) is 60.7 Å². The smallest absolute Gasteiger partial charge is 0.247 e. The van der Waals surface area contributed by atoms with Crippen molar-refractivity contribution in [2.45, 2.75) is 25.4 Å². The molecule has 0 bridgehead atoms. The molecule has 0 spiro atoms. The third kappa shape index (κ3) is 2.51. The molecule has 0 N–H and O–H groups in total. The van der Waals surface area contributed by atoms with Gasteiger partial charge >= 0.3 is 6.18 Å². The van der Waals surface area contributed by atoms with Gasteiger partial charge in [-0.2, -0.15) is 13.2 Å². The van der Waals surface area contributed by atoms with Gasteiger partial charge in [0, 0.05) is 10.9 Å². The third-order valence-electron chi connectivity index (χ3n) is 5.43. The Morgan fingerprint density at radius 2 is 1.52 bits per heavy atom.